The zero-order valence-electron chi connectivity index (χ0n) is 8.71. The van der Waals surface area contributed by atoms with E-state index in [4.69, 9.17) is 5.11 Å². The second-order valence-electron chi connectivity index (χ2n) is 3.71. The largest absolute Gasteiger partial charge is 0.395 e. The first-order valence-electron chi connectivity index (χ1n) is 5.20. The average Bonchev–Trinajstić information content (AvgIpc) is 2.68. The van der Waals surface area contributed by atoms with Crippen LogP contribution in [0.25, 0.3) is 0 Å². The first kappa shape index (κ1) is 10.1. The van der Waals surface area contributed by atoms with E-state index >= 15 is 0 Å². The van der Waals surface area contributed by atoms with Crippen molar-refractivity contribution in [2.24, 2.45) is 0 Å². The van der Waals surface area contributed by atoms with E-state index in [-0.39, 0.29) is 6.61 Å². The van der Waals surface area contributed by atoms with Crippen LogP contribution in [0.3, 0.4) is 0 Å². The standard InChI is InChI=1S/C12H16N2O/c15-9-8-13-6-7-14(11-13)10-12-4-2-1-3-5-12/h1-7,15H,8-11H2. The van der Waals surface area contributed by atoms with Crippen molar-refractivity contribution >= 4 is 0 Å². The number of aliphatic hydroxyl groups is 1. The molecule has 0 saturated carbocycles. The summed E-state index contributed by atoms with van der Waals surface area (Å²) >= 11 is 0. The van der Waals surface area contributed by atoms with Crippen LogP contribution in [0, 0.1) is 0 Å². The molecule has 0 fully saturated rings. The Kier molecular flexibility index (Phi) is 3.25. The monoisotopic (exact) mass is 204 g/mol. The van der Waals surface area contributed by atoms with Gasteiger partial charge in [0, 0.05) is 25.5 Å². The predicted octanol–water partition coefficient (Wildman–Crippen LogP) is 1.23. The second kappa shape index (κ2) is 4.84. The summed E-state index contributed by atoms with van der Waals surface area (Å²) < 4.78 is 0. The minimum Gasteiger partial charge on any atom is -0.395 e. The Morgan fingerprint density at radius 1 is 1.07 bits per heavy atom. The third kappa shape index (κ3) is 2.73. The van der Waals surface area contributed by atoms with E-state index in [9.17, 15) is 0 Å². The minimum atomic E-state index is 0.212. The van der Waals surface area contributed by atoms with Gasteiger partial charge in [-0.2, -0.15) is 0 Å². The summed E-state index contributed by atoms with van der Waals surface area (Å²) in [6.45, 7) is 2.72. The Hall–Kier alpha value is -1.48. The Bertz CT molecular complexity index is 324. The van der Waals surface area contributed by atoms with Gasteiger partial charge in [-0.1, -0.05) is 30.3 Å². The highest BCUT2D eigenvalue weighted by Crippen LogP contribution is 2.10. The number of β-amino-alcohol motifs (C(OH)–C–C–N with tert-alkyl or cyclic N) is 1. The molecule has 0 spiro atoms. The first-order valence-corrected chi connectivity index (χ1v) is 5.20. The van der Waals surface area contributed by atoms with Crippen LogP contribution in [-0.4, -0.2) is 34.7 Å². The molecule has 0 aliphatic carbocycles. The molecule has 0 saturated heterocycles. The zero-order valence-corrected chi connectivity index (χ0v) is 8.71. The van der Waals surface area contributed by atoms with Gasteiger partial charge in [-0.25, -0.2) is 0 Å². The molecular formula is C12H16N2O. The van der Waals surface area contributed by atoms with Gasteiger partial charge in [0.2, 0.25) is 0 Å². The van der Waals surface area contributed by atoms with Gasteiger partial charge in [0.1, 0.15) is 0 Å². The van der Waals surface area contributed by atoms with E-state index in [1.807, 2.05) is 12.3 Å². The second-order valence-corrected chi connectivity index (χ2v) is 3.71. The fourth-order valence-electron chi connectivity index (χ4n) is 1.71. The number of hydrogen-bond acceptors (Lipinski definition) is 3. The molecule has 0 unspecified atom stereocenters. The maximum Gasteiger partial charge on any atom is 0.0898 e. The summed E-state index contributed by atoms with van der Waals surface area (Å²) in [5, 5.41) is 8.81. The van der Waals surface area contributed by atoms with Crippen LogP contribution in [0.2, 0.25) is 0 Å². The van der Waals surface area contributed by atoms with Gasteiger partial charge in [0.25, 0.3) is 0 Å². The quantitative estimate of drug-likeness (QED) is 0.799. The third-order valence-corrected chi connectivity index (χ3v) is 2.47. The Balaban J connectivity index is 1.86. The maximum absolute atomic E-state index is 8.81. The molecule has 80 valence electrons. The fourth-order valence-corrected chi connectivity index (χ4v) is 1.71. The molecule has 0 atom stereocenters. The summed E-state index contributed by atoms with van der Waals surface area (Å²) in [4.78, 5) is 4.33. The Labute approximate surface area is 90.2 Å². The van der Waals surface area contributed by atoms with Gasteiger partial charge >= 0.3 is 0 Å². The van der Waals surface area contributed by atoms with Gasteiger partial charge in [-0.15, -0.1) is 0 Å². The van der Waals surface area contributed by atoms with E-state index in [1.54, 1.807) is 0 Å². The van der Waals surface area contributed by atoms with Crippen LogP contribution in [-0.2, 0) is 6.54 Å². The zero-order chi connectivity index (χ0) is 10.5. The molecule has 0 amide bonds. The fraction of sp³-hybridized carbons (Fsp3) is 0.333. The third-order valence-electron chi connectivity index (χ3n) is 2.47. The number of rotatable bonds is 4. The molecule has 1 heterocycles. The van der Waals surface area contributed by atoms with Crippen molar-refractivity contribution in [3.05, 3.63) is 48.3 Å². The molecule has 1 N–H and O–H groups in total. The lowest BCUT2D eigenvalue weighted by Crippen LogP contribution is -2.27. The average molecular weight is 204 g/mol. The summed E-state index contributed by atoms with van der Waals surface area (Å²) in [7, 11) is 0. The number of aliphatic hydroxyl groups excluding tert-OH is 1. The maximum atomic E-state index is 8.81. The van der Waals surface area contributed by atoms with Crippen LogP contribution in [0.15, 0.2) is 42.7 Å². The van der Waals surface area contributed by atoms with E-state index < -0.39 is 0 Å². The number of benzene rings is 1. The molecule has 1 aliphatic heterocycles. The molecule has 2 rings (SSSR count). The molecular weight excluding hydrogens is 188 g/mol. The lowest BCUT2D eigenvalue weighted by Gasteiger charge is -2.20. The molecule has 15 heavy (non-hydrogen) atoms. The highest BCUT2D eigenvalue weighted by atomic mass is 16.3. The van der Waals surface area contributed by atoms with Gasteiger partial charge in [-0.3, -0.25) is 0 Å². The van der Waals surface area contributed by atoms with Gasteiger partial charge < -0.3 is 14.9 Å². The lowest BCUT2D eigenvalue weighted by atomic mass is 10.2. The van der Waals surface area contributed by atoms with Crippen molar-refractivity contribution in [3.8, 4) is 0 Å². The molecule has 0 aromatic heterocycles. The van der Waals surface area contributed by atoms with Crippen LogP contribution in [0.1, 0.15) is 5.56 Å². The van der Waals surface area contributed by atoms with E-state index in [1.165, 1.54) is 5.56 Å². The number of nitrogens with zero attached hydrogens (tertiary/aromatic N) is 2. The van der Waals surface area contributed by atoms with Crippen LogP contribution in [0.4, 0.5) is 0 Å². The normalized spacial score (nSPS) is 15.0. The summed E-state index contributed by atoms with van der Waals surface area (Å²) in [5.74, 6) is 0. The topological polar surface area (TPSA) is 26.7 Å². The van der Waals surface area contributed by atoms with Crippen molar-refractivity contribution in [1.82, 2.24) is 9.80 Å². The van der Waals surface area contributed by atoms with Gasteiger partial charge in [0.05, 0.1) is 13.3 Å². The SMILES string of the molecule is OCCN1C=CN(Cc2ccccc2)C1. The smallest absolute Gasteiger partial charge is 0.0898 e. The molecule has 1 aromatic carbocycles. The molecule has 1 aliphatic rings. The summed E-state index contributed by atoms with van der Waals surface area (Å²) in [6, 6.07) is 10.4. The van der Waals surface area contributed by atoms with Crippen molar-refractivity contribution in [2.45, 2.75) is 6.54 Å². The van der Waals surface area contributed by atoms with Gasteiger partial charge in [0.15, 0.2) is 0 Å². The number of hydrogen-bond donors (Lipinski definition) is 1. The molecule has 0 bridgehead atoms. The van der Waals surface area contributed by atoms with Gasteiger partial charge in [-0.05, 0) is 5.56 Å². The van der Waals surface area contributed by atoms with Crippen LogP contribution < -0.4 is 0 Å². The Morgan fingerprint density at radius 3 is 2.53 bits per heavy atom. The van der Waals surface area contributed by atoms with Crippen molar-refractivity contribution in [3.63, 3.8) is 0 Å². The molecule has 3 heteroatoms. The van der Waals surface area contributed by atoms with Crippen LogP contribution in [0.5, 0.6) is 0 Å². The molecule has 0 radical (unpaired) electrons. The van der Waals surface area contributed by atoms with E-state index in [2.05, 4.69) is 40.3 Å². The first-order chi connectivity index (χ1) is 7.38. The summed E-state index contributed by atoms with van der Waals surface area (Å²) in [5.41, 5.74) is 1.31. The predicted molar refractivity (Wildman–Crippen MR) is 59.8 cm³/mol. The van der Waals surface area contributed by atoms with E-state index in [0.717, 1.165) is 13.2 Å². The molecule has 1 aromatic rings. The van der Waals surface area contributed by atoms with Crippen LogP contribution >= 0.6 is 0 Å². The van der Waals surface area contributed by atoms with Crippen molar-refractivity contribution in [2.75, 3.05) is 19.8 Å². The molecule has 3 nitrogen and oxygen atoms in total. The highest BCUT2D eigenvalue weighted by molar-refractivity contribution is 5.15. The van der Waals surface area contributed by atoms with Crippen molar-refractivity contribution < 1.29 is 5.11 Å². The highest BCUT2D eigenvalue weighted by Gasteiger charge is 2.11. The van der Waals surface area contributed by atoms with E-state index in [0.29, 0.717) is 6.54 Å². The van der Waals surface area contributed by atoms with Crippen molar-refractivity contribution in [1.29, 1.82) is 0 Å². The Morgan fingerprint density at radius 2 is 1.80 bits per heavy atom. The minimum absolute atomic E-state index is 0.212. The lowest BCUT2D eigenvalue weighted by molar-refractivity contribution is 0.203. The summed E-state index contributed by atoms with van der Waals surface area (Å²) in [6.07, 6.45) is 4.10.